The van der Waals surface area contributed by atoms with E-state index in [-0.39, 0.29) is 13.0 Å². The average Bonchev–Trinajstić information content (AvgIpc) is 2.80. The van der Waals surface area contributed by atoms with Gasteiger partial charge >= 0.3 is 5.97 Å². The fourth-order valence-corrected chi connectivity index (χ4v) is 2.66. The van der Waals surface area contributed by atoms with Crippen molar-refractivity contribution in [2.45, 2.75) is 18.6 Å². The molecule has 5 nitrogen and oxygen atoms in total. The summed E-state index contributed by atoms with van der Waals surface area (Å²) in [6, 6.07) is 3.84. The molecule has 21 heavy (non-hydrogen) atoms. The minimum absolute atomic E-state index is 0.00842. The van der Waals surface area contributed by atoms with Crippen LogP contribution in [-0.4, -0.2) is 45.7 Å². The summed E-state index contributed by atoms with van der Waals surface area (Å²) < 4.78 is 0. The molecule has 0 aromatic heterocycles. The predicted octanol–water partition coefficient (Wildman–Crippen LogP) is 2.05. The van der Waals surface area contributed by atoms with E-state index in [2.05, 4.69) is 0 Å². The number of aliphatic carboxylic acids is 1. The highest BCUT2D eigenvalue weighted by Crippen LogP contribution is 2.23. The molecule has 0 aliphatic carbocycles. The molecule has 1 aliphatic rings. The van der Waals surface area contributed by atoms with Crippen molar-refractivity contribution in [3.63, 3.8) is 0 Å². The molecule has 1 saturated heterocycles. The van der Waals surface area contributed by atoms with E-state index in [1.54, 1.807) is 18.2 Å². The smallest absolute Gasteiger partial charge is 0.326 e. The summed E-state index contributed by atoms with van der Waals surface area (Å²) in [5, 5.41) is 19.4. The van der Waals surface area contributed by atoms with Gasteiger partial charge in [-0.05, 0) is 23.8 Å². The fourth-order valence-electron chi connectivity index (χ4n) is 2.18. The molecule has 1 fully saturated rings. The summed E-state index contributed by atoms with van der Waals surface area (Å²) in [5.41, 5.74) is 0.598. The maximum Gasteiger partial charge on any atom is 0.326 e. The summed E-state index contributed by atoms with van der Waals surface area (Å²) in [4.78, 5) is 24.2. The number of hydrogen-bond donors (Lipinski definition) is 2. The zero-order valence-corrected chi connectivity index (χ0v) is 12.4. The Labute approximate surface area is 131 Å². The molecule has 0 spiro atoms. The third-order valence-electron chi connectivity index (χ3n) is 3.22. The van der Waals surface area contributed by atoms with Gasteiger partial charge < -0.3 is 15.1 Å². The van der Waals surface area contributed by atoms with Crippen LogP contribution >= 0.6 is 23.2 Å². The van der Waals surface area contributed by atoms with E-state index in [1.165, 1.54) is 12.2 Å². The molecule has 0 saturated carbocycles. The summed E-state index contributed by atoms with van der Waals surface area (Å²) >= 11 is 11.8. The highest BCUT2D eigenvalue weighted by atomic mass is 35.5. The van der Waals surface area contributed by atoms with E-state index >= 15 is 0 Å². The highest BCUT2D eigenvalue weighted by Gasteiger charge is 2.37. The Balaban J connectivity index is 2.13. The second kappa shape index (κ2) is 6.47. The molecule has 1 amide bonds. The van der Waals surface area contributed by atoms with Crippen LogP contribution in [0.15, 0.2) is 24.3 Å². The SMILES string of the molecule is O=C(O)[C@@H]1C[C@@H](O)CN1C(=O)C=Cc1ccc(Cl)cc1Cl. The van der Waals surface area contributed by atoms with Crippen LogP contribution < -0.4 is 0 Å². The lowest BCUT2D eigenvalue weighted by Crippen LogP contribution is -2.39. The van der Waals surface area contributed by atoms with Gasteiger partial charge in [0.1, 0.15) is 6.04 Å². The lowest BCUT2D eigenvalue weighted by Gasteiger charge is -2.19. The topological polar surface area (TPSA) is 77.8 Å². The Bertz CT molecular complexity index is 603. The maximum absolute atomic E-state index is 12.1. The van der Waals surface area contributed by atoms with E-state index in [4.69, 9.17) is 28.3 Å². The number of nitrogens with zero attached hydrogens (tertiary/aromatic N) is 1. The van der Waals surface area contributed by atoms with Crippen LogP contribution in [0, 0.1) is 0 Å². The van der Waals surface area contributed by atoms with Crippen LogP contribution in [0.2, 0.25) is 10.0 Å². The van der Waals surface area contributed by atoms with Gasteiger partial charge in [-0.3, -0.25) is 4.79 Å². The number of amides is 1. The molecule has 2 N–H and O–H groups in total. The average molecular weight is 330 g/mol. The molecule has 7 heteroatoms. The lowest BCUT2D eigenvalue weighted by molar-refractivity contribution is -0.146. The van der Waals surface area contributed by atoms with Crippen molar-refractivity contribution < 1.29 is 19.8 Å². The van der Waals surface area contributed by atoms with E-state index < -0.39 is 24.0 Å². The Hall–Kier alpha value is -1.56. The first-order valence-electron chi connectivity index (χ1n) is 6.23. The molecule has 1 aromatic carbocycles. The normalized spacial score (nSPS) is 22.0. The van der Waals surface area contributed by atoms with E-state index in [9.17, 15) is 14.7 Å². The van der Waals surface area contributed by atoms with Crippen LogP contribution in [0.1, 0.15) is 12.0 Å². The summed E-state index contributed by atoms with van der Waals surface area (Å²) in [6.07, 6.45) is 1.95. The number of hydrogen-bond acceptors (Lipinski definition) is 3. The number of aliphatic hydroxyl groups excluding tert-OH is 1. The number of aliphatic hydroxyl groups is 1. The molecule has 2 rings (SSSR count). The van der Waals surface area contributed by atoms with Crippen LogP contribution in [-0.2, 0) is 9.59 Å². The number of carboxylic acids is 1. The first-order valence-corrected chi connectivity index (χ1v) is 6.98. The zero-order valence-electron chi connectivity index (χ0n) is 10.9. The number of carbonyl (C=O) groups excluding carboxylic acids is 1. The van der Waals surface area contributed by atoms with Gasteiger partial charge in [-0.15, -0.1) is 0 Å². The minimum Gasteiger partial charge on any atom is -0.480 e. The first-order chi connectivity index (χ1) is 9.88. The van der Waals surface area contributed by atoms with Crippen molar-refractivity contribution in [2.24, 2.45) is 0 Å². The highest BCUT2D eigenvalue weighted by molar-refractivity contribution is 6.35. The van der Waals surface area contributed by atoms with Gasteiger partial charge in [-0.25, -0.2) is 4.79 Å². The van der Waals surface area contributed by atoms with Gasteiger partial charge in [0.15, 0.2) is 0 Å². The molecule has 1 heterocycles. The molecule has 0 radical (unpaired) electrons. The maximum atomic E-state index is 12.1. The van der Waals surface area contributed by atoms with Crippen LogP contribution in [0.3, 0.4) is 0 Å². The van der Waals surface area contributed by atoms with E-state index in [0.717, 1.165) is 4.90 Å². The van der Waals surface area contributed by atoms with Crippen LogP contribution in [0.4, 0.5) is 0 Å². The minimum atomic E-state index is -1.13. The second-order valence-corrected chi connectivity index (χ2v) is 5.58. The quantitative estimate of drug-likeness (QED) is 0.832. The molecule has 0 unspecified atom stereocenters. The Morgan fingerprint density at radius 2 is 2.05 bits per heavy atom. The number of halogens is 2. The van der Waals surface area contributed by atoms with Gasteiger partial charge in [-0.2, -0.15) is 0 Å². The Morgan fingerprint density at radius 1 is 1.33 bits per heavy atom. The predicted molar refractivity (Wildman–Crippen MR) is 79.3 cm³/mol. The molecule has 0 bridgehead atoms. The summed E-state index contributed by atoms with van der Waals surface area (Å²) in [6.45, 7) is 0.00842. The number of carboxylic acid groups (broad SMARTS) is 1. The molecular weight excluding hydrogens is 317 g/mol. The monoisotopic (exact) mass is 329 g/mol. The van der Waals surface area contributed by atoms with E-state index in [0.29, 0.717) is 15.6 Å². The molecule has 1 aromatic rings. The Morgan fingerprint density at radius 3 is 2.67 bits per heavy atom. The third-order valence-corrected chi connectivity index (χ3v) is 3.78. The van der Waals surface area contributed by atoms with Crippen molar-refractivity contribution in [3.05, 3.63) is 39.9 Å². The van der Waals surface area contributed by atoms with Gasteiger partial charge in [0.2, 0.25) is 5.91 Å². The van der Waals surface area contributed by atoms with Crippen LogP contribution in [0.5, 0.6) is 0 Å². The number of likely N-dealkylation sites (tertiary alicyclic amines) is 1. The van der Waals surface area contributed by atoms with Gasteiger partial charge in [-0.1, -0.05) is 29.3 Å². The van der Waals surface area contributed by atoms with Crippen molar-refractivity contribution in [1.29, 1.82) is 0 Å². The number of benzene rings is 1. The Kier molecular flexibility index (Phi) is 4.88. The van der Waals surface area contributed by atoms with Crippen molar-refractivity contribution in [2.75, 3.05) is 6.54 Å². The molecular formula is C14H13Cl2NO4. The number of β-amino-alcohol motifs (C(OH)–C–C–N with tert-alkyl or cyclic N) is 1. The first kappa shape index (κ1) is 15.8. The third kappa shape index (κ3) is 3.75. The van der Waals surface area contributed by atoms with Gasteiger partial charge in [0.25, 0.3) is 0 Å². The van der Waals surface area contributed by atoms with E-state index in [1.807, 2.05) is 0 Å². The second-order valence-electron chi connectivity index (χ2n) is 4.73. The fraction of sp³-hybridized carbons (Fsp3) is 0.286. The van der Waals surface area contributed by atoms with Crippen molar-refractivity contribution in [3.8, 4) is 0 Å². The zero-order chi connectivity index (χ0) is 15.6. The largest absolute Gasteiger partial charge is 0.480 e. The van der Waals surface area contributed by atoms with Gasteiger partial charge in [0.05, 0.1) is 6.10 Å². The standard InChI is InChI=1S/C14H13Cl2NO4/c15-9-3-1-8(11(16)5-9)2-4-13(19)17-7-10(18)6-12(17)14(20)21/h1-5,10,12,18H,6-7H2,(H,20,21)/t10-,12+/m1/s1. The number of carbonyl (C=O) groups is 2. The summed E-state index contributed by atoms with van der Waals surface area (Å²) in [7, 11) is 0. The number of rotatable bonds is 3. The molecule has 1 aliphatic heterocycles. The molecule has 112 valence electrons. The lowest BCUT2D eigenvalue weighted by atomic mass is 10.2. The van der Waals surface area contributed by atoms with Crippen LogP contribution in [0.25, 0.3) is 6.08 Å². The van der Waals surface area contributed by atoms with Crippen molar-refractivity contribution >= 4 is 41.2 Å². The van der Waals surface area contributed by atoms with Gasteiger partial charge in [0, 0.05) is 29.1 Å². The van der Waals surface area contributed by atoms with Crippen molar-refractivity contribution in [1.82, 2.24) is 4.90 Å². The molecule has 2 atom stereocenters. The summed E-state index contributed by atoms with van der Waals surface area (Å²) in [5.74, 6) is -1.61.